The number of hydrogen-bond donors (Lipinski definition) is 0. The fraction of sp³-hybridized carbons (Fsp3) is 0.814. The Labute approximate surface area is 271 Å². The average Bonchev–Trinajstić information content (AvgIpc) is 3.58. The SMILES string of the molecule is C=CC1CC(/C=C/CCC/C=C/C2CC(/C=C/CCCC)CC2CCC(C)C(C)C(C)C)CC1CCC(C)C(C)C(C)C. The van der Waals surface area contributed by atoms with Gasteiger partial charge in [0.15, 0.2) is 0 Å². The first kappa shape index (κ1) is 38.1. The molecule has 2 saturated carbocycles. The van der Waals surface area contributed by atoms with Gasteiger partial charge in [0.25, 0.3) is 0 Å². The first-order chi connectivity index (χ1) is 20.6. The van der Waals surface area contributed by atoms with Gasteiger partial charge in [0.05, 0.1) is 0 Å². The van der Waals surface area contributed by atoms with E-state index in [-0.39, 0.29) is 0 Å². The van der Waals surface area contributed by atoms with Crippen LogP contribution in [0, 0.1) is 71.0 Å². The van der Waals surface area contributed by atoms with Gasteiger partial charge in [-0.1, -0.05) is 131 Å². The van der Waals surface area contributed by atoms with E-state index in [0.717, 1.165) is 71.0 Å². The summed E-state index contributed by atoms with van der Waals surface area (Å²) < 4.78 is 0. The van der Waals surface area contributed by atoms with Gasteiger partial charge in [0.1, 0.15) is 0 Å². The predicted octanol–water partition coefficient (Wildman–Crippen LogP) is 13.9. The summed E-state index contributed by atoms with van der Waals surface area (Å²) in [7, 11) is 0. The molecule has 2 aliphatic carbocycles. The lowest BCUT2D eigenvalue weighted by molar-refractivity contribution is 0.256. The summed E-state index contributed by atoms with van der Waals surface area (Å²) in [5.41, 5.74) is 0. The Hall–Kier alpha value is -1.04. The van der Waals surface area contributed by atoms with Gasteiger partial charge in [-0.25, -0.2) is 0 Å². The highest BCUT2D eigenvalue weighted by molar-refractivity contribution is 5.04. The van der Waals surface area contributed by atoms with Crippen molar-refractivity contribution in [1.29, 1.82) is 0 Å². The Morgan fingerprint density at radius 2 is 1.02 bits per heavy atom. The lowest BCUT2D eigenvalue weighted by atomic mass is 9.80. The Kier molecular flexibility index (Phi) is 18.5. The minimum atomic E-state index is 0.723. The molecule has 0 N–H and O–H groups in total. The zero-order valence-electron chi connectivity index (χ0n) is 30.6. The second-order valence-corrected chi connectivity index (χ2v) is 16.2. The molecule has 0 spiro atoms. The smallest absolute Gasteiger partial charge is 0.0199 e. The van der Waals surface area contributed by atoms with Crippen LogP contribution in [-0.2, 0) is 0 Å². The third-order valence-electron chi connectivity index (χ3n) is 12.4. The molecule has 0 saturated heterocycles. The van der Waals surface area contributed by atoms with Crippen LogP contribution in [0.15, 0.2) is 49.1 Å². The van der Waals surface area contributed by atoms with Crippen molar-refractivity contribution in [2.45, 2.75) is 152 Å². The maximum atomic E-state index is 4.21. The fourth-order valence-corrected chi connectivity index (χ4v) is 8.22. The van der Waals surface area contributed by atoms with Crippen molar-refractivity contribution in [3.63, 3.8) is 0 Å². The van der Waals surface area contributed by atoms with Crippen LogP contribution in [0.1, 0.15) is 152 Å². The molecule has 0 aromatic rings. The van der Waals surface area contributed by atoms with Crippen molar-refractivity contribution < 1.29 is 0 Å². The molecule has 10 unspecified atom stereocenters. The van der Waals surface area contributed by atoms with Crippen molar-refractivity contribution >= 4 is 0 Å². The molecule has 2 aliphatic rings. The van der Waals surface area contributed by atoms with Gasteiger partial charge in [-0.15, -0.1) is 6.58 Å². The number of hydrogen-bond acceptors (Lipinski definition) is 0. The highest BCUT2D eigenvalue weighted by Gasteiger charge is 2.32. The molecular formula is C43H76. The van der Waals surface area contributed by atoms with E-state index in [9.17, 15) is 0 Å². The van der Waals surface area contributed by atoms with Crippen molar-refractivity contribution in [2.75, 3.05) is 0 Å². The molecule has 43 heavy (non-hydrogen) atoms. The number of allylic oxidation sites excluding steroid dienone is 7. The van der Waals surface area contributed by atoms with Crippen LogP contribution in [0.2, 0.25) is 0 Å². The van der Waals surface area contributed by atoms with Gasteiger partial charge >= 0.3 is 0 Å². The quantitative estimate of drug-likeness (QED) is 0.0918. The van der Waals surface area contributed by atoms with Gasteiger partial charge < -0.3 is 0 Å². The van der Waals surface area contributed by atoms with E-state index < -0.39 is 0 Å². The molecule has 0 nitrogen and oxygen atoms in total. The molecule has 10 atom stereocenters. The Balaban J connectivity index is 1.79. The zero-order chi connectivity index (χ0) is 31.8. The summed E-state index contributed by atoms with van der Waals surface area (Å²) in [6, 6.07) is 0. The van der Waals surface area contributed by atoms with Crippen molar-refractivity contribution in [3.05, 3.63) is 49.1 Å². The molecule has 0 aromatic heterocycles. The zero-order valence-corrected chi connectivity index (χ0v) is 30.6. The highest BCUT2D eigenvalue weighted by Crippen LogP contribution is 2.43. The Morgan fingerprint density at radius 3 is 1.49 bits per heavy atom. The minimum Gasteiger partial charge on any atom is -0.103 e. The minimum absolute atomic E-state index is 0.723. The molecule has 0 heterocycles. The first-order valence-electron chi connectivity index (χ1n) is 19.2. The van der Waals surface area contributed by atoms with Crippen LogP contribution in [0.25, 0.3) is 0 Å². The molecular weight excluding hydrogens is 516 g/mol. The topological polar surface area (TPSA) is 0 Å². The second kappa shape index (κ2) is 20.9. The predicted molar refractivity (Wildman–Crippen MR) is 195 cm³/mol. The molecule has 0 radical (unpaired) electrons. The van der Waals surface area contributed by atoms with Gasteiger partial charge in [-0.3, -0.25) is 0 Å². The van der Waals surface area contributed by atoms with Gasteiger partial charge in [-0.2, -0.15) is 0 Å². The monoisotopic (exact) mass is 593 g/mol. The van der Waals surface area contributed by atoms with Crippen LogP contribution in [0.3, 0.4) is 0 Å². The summed E-state index contributed by atoms with van der Waals surface area (Å²) in [6.45, 7) is 25.9. The third-order valence-corrected chi connectivity index (χ3v) is 12.4. The molecule has 0 heteroatoms. The Morgan fingerprint density at radius 1 is 0.581 bits per heavy atom. The molecule has 248 valence electrons. The number of rotatable bonds is 21. The van der Waals surface area contributed by atoms with E-state index in [4.69, 9.17) is 0 Å². The summed E-state index contributed by atoms with van der Waals surface area (Å²) >= 11 is 0. The van der Waals surface area contributed by atoms with Crippen molar-refractivity contribution in [2.24, 2.45) is 71.0 Å². The van der Waals surface area contributed by atoms with Crippen molar-refractivity contribution in [1.82, 2.24) is 0 Å². The highest BCUT2D eigenvalue weighted by atomic mass is 14.4. The molecule has 0 aromatic carbocycles. The van der Waals surface area contributed by atoms with E-state index in [1.807, 2.05) is 0 Å². The lowest BCUT2D eigenvalue weighted by Gasteiger charge is -2.25. The number of unbranched alkanes of at least 4 members (excludes halogenated alkanes) is 4. The molecule has 0 bridgehead atoms. The Bertz CT molecular complexity index is 810. The van der Waals surface area contributed by atoms with Gasteiger partial charge in [0, 0.05) is 0 Å². The van der Waals surface area contributed by atoms with E-state index in [2.05, 4.69) is 111 Å². The van der Waals surface area contributed by atoms with E-state index in [1.165, 1.54) is 89.9 Å². The third kappa shape index (κ3) is 13.9. The van der Waals surface area contributed by atoms with Crippen molar-refractivity contribution in [3.8, 4) is 0 Å². The van der Waals surface area contributed by atoms with Crippen LogP contribution >= 0.6 is 0 Å². The summed E-state index contributed by atoms with van der Waals surface area (Å²) in [6.07, 6.45) is 36.3. The standard InChI is InChI=1S/C43H76/c1-11-13-14-18-21-39-29-41(43(31-39)27-25-35(8)37(10)33(5)6)23-20-17-15-16-19-22-38-28-40(12-2)42(30-38)26-24-34(7)36(9)32(3)4/h12,18-23,32-43H,2,11,13-17,24-31H2,1,3-10H3/b21-18+,22-19+,23-20+. The molecule has 2 fully saturated rings. The van der Waals surface area contributed by atoms with Crippen LogP contribution in [0.5, 0.6) is 0 Å². The fourth-order valence-electron chi connectivity index (χ4n) is 8.22. The van der Waals surface area contributed by atoms with Gasteiger partial charge in [-0.05, 0) is 135 Å². The normalized spacial score (nSPS) is 29.5. The maximum Gasteiger partial charge on any atom is -0.0199 e. The summed E-state index contributed by atoms with van der Waals surface area (Å²) in [5.74, 6) is 9.71. The average molecular weight is 593 g/mol. The van der Waals surface area contributed by atoms with E-state index in [0.29, 0.717) is 0 Å². The lowest BCUT2D eigenvalue weighted by Crippen LogP contribution is -2.16. The van der Waals surface area contributed by atoms with E-state index >= 15 is 0 Å². The van der Waals surface area contributed by atoms with E-state index in [1.54, 1.807) is 0 Å². The van der Waals surface area contributed by atoms with Crippen LogP contribution < -0.4 is 0 Å². The molecule has 2 rings (SSSR count). The molecule has 0 aliphatic heterocycles. The van der Waals surface area contributed by atoms with Crippen LogP contribution in [-0.4, -0.2) is 0 Å². The summed E-state index contributed by atoms with van der Waals surface area (Å²) in [4.78, 5) is 0. The van der Waals surface area contributed by atoms with Crippen LogP contribution in [0.4, 0.5) is 0 Å². The summed E-state index contributed by atoms with van der Waals surface area (Å²) in [5, 5.41) is 0. The molecule has 0 amide bonds. The first-order valence-corrected chi connectivity index (χ1v) is 19.2. The second-order valence-electron chi connectivity index (χ2n) is 16.2. The van der Waals surface area contributed by atoms with Gasteiger partial charge in [0.2, 0.25) is 0 Å². The maximum absolute atomic E-state index is 4.21. The largest absolute Gasteiger partial charge is 0.103 e.